The molecule has 1 aliphatic carbocycles. The van der Waals surface area contributed by atoms with Gasteiger partial charge in [-0.25, -0.2) is 15.5 Å². The molecule has 3 N–H and O–H groups in total. The van der Waals surface area contributed by atoms with Crippen LogP contribution in [0.4, 0.5) is 0 Å². The van der Waals surface area contributed by atoms with Crippen LogP contribution in [-0.4, -0.2) is 23.8 Å². The number of nitrogens with zero attached hydrogens (tertiary/aromatic N) is 2. The van der Waals surface area contributed by atoms with Crippen LogP contribution in [0, 0.1) is 0 Å². The molecule has 0 radical (unpaired) electrons. The highest BCUT2D eigenvalue weighted by molar-refractivity contribution is 5.93. The van der Waals surface area contributed by atoms with Crippen LogP contribution in [-0.2, 0) is 10.3 Å². The van der Waals surface area contributed by atoms with Crippen LogP contribution in [0.15, 0.2) is 56.5 Å². The number of furan rings is 1. The predicted octanol–water partition coefficient (Wildman–Crippen LogP) is 2.48. The number of benzene rings is 1. The number of hydrogen-bond donors (Lipinski definition) is 3. The highest BCUT2D eigenvalue weighted by Crippen LogP contribution is 2.51. The van der Waals surface area contributed by atoms with Crippen LogP contribution in [0.3, 0.4) is 0 Å². The third kappa shape index (κ3) is 3.07. The molecule has 0 unspecified atom stereocenters. The van der Waals surface area contributed by atoms with Crippen LogP contribution in [0.25, 0.3) is 11.0 Å². The summed E-state index contributed by atoms with van der Waals surface area (Å²) >= 11 is 0. The van der Waals surface area contributed by atoms with Gasteiger partial charge >= 0.3 is 0 Å². The van der Waals surface area contributed by atoms with E-state index in [0.29, 0.717) is 0 Å². The lowest BCUT2D eigenvalue weighted by Gasteiger charge is -2.09. The largest absolute Gasteiger partial charge is 0.458 e. The lowest BCUT2D eigenvalue weighted by Crippen LogP contribution is -2.23. The summed E-state index contributed by atoms with van der Waals surface area (Å²) in [6.45, 7) is 5.05. The van der Waals surface area contributed by atoms with Crippen LogP contribution in [0.2, 0.25) is 0 Å². The molecule has 7 nitrogen and oxygen atoms in total. The molecule has 0 spiro atoms. The van der Waals surface area contributed by atoms with Gasteiger partial charge in [0.1, 0.15) is 16.9 Å². The summed E-state index contributed by atoms with van der Waals surface area (Å²) in [5, 5.41) is 12.5. The van der Waals surface area contributed by atoms with Crippen molar-refractivity contribution in [1.29, 1.82) is 0 Å². The molecule has 1 aliphatic rings. The van der Waals surface area contributed by atoms with Gasteiger partial charge in [-0.3, -0.25) is 10.0 Å². The molecule has 7 heteroatoms. The van der Waals surface area contributed by atoms with Crippen molar-refractivity contribution in [2.45, 2.75) is 25.3 Å². The van der Waals surface area contributed by atoms with E-state index < -0.39 is 11.4 Å². The number of hydroxylamine groups is 1. The van der Waals surface area contributed by atoms with Crippen molar-refractivity contribution < 1.29 is 14.4 Å². The fourth-order valence-corrected chi connectivity index (χ4v) is 2.39. The molecule has 1 aromatic heterocycles. The van der Waals surface area contributed by atoms with Crippen LogP contribution >= 0.6 is 0 Å². The lowest BCUT2D eigenvalue weighted by atomic mass is 10.2. The molecule has 1 aromatic carbocycles. The minimum absolute atomic E-state index is 0.280. The van der Waals surface area contributed by atoms with E-state index in [4.69, 9.17) is 9.62 Å². The van der Waals surface area contributed by atoms with E-state index >= 15 is 0 Å². The maximum Gasteiger partial charge on any atom is 0.271 e. The van der Waals surface area contributed by atoms with Gasteiger partial charge in [0.25, 0.3) is 5.91 Å². The van der Waals surface area contributed by atoms with Gasteiger partial charge in [0, 0.05) is 17.2 Å². The lowest BCUT2D eigenvalue weighted by molar-refractivity contribution is -0.125. The van der Waals surface area contributed by atoms with Crippen molar-refractivity contribution in [1.82, 2.24) is 10.8 Å². The summed E-state index contributed by atoms with van der Waals surface area (Å²) in [7, 11) is 0. The van der Waals surface area contributed by atoms with Gasteiger partial charge in [-0.15, -0.1) is 0 Å². The normalized spacial score (nSPS) is 16.8. The third-order valence-electron chi connectivity index (χ3n) is 3.95. The molecule has 1 heterocycles. The zero-order valence-electron chi connectivity index (χ0n) is 13.2. The number of rotatable bonds is 4. The van der Waals surface area contributed by atoms with Gasteiger partial charge in [0.15, 0.2) is 0 Å². The number of aliphatic imine (C=N–C) groups is 2. The molecule has 3 rings (SSSR count). The second-order valence-corrected chi connectivity index (χ2v) is 5.69. The highest BCUT2D eigenvalue weighted by atomic mass is 16.5. The summed E-state index contributed by atoms with van der Waals surface area (Å²) in [6.07, 6.45) is 3.12. The molecular formula is C17H18N4O3. The van der Waals surface area contributed by atoms with Gasteiger partial charge in [0.2, 0.25) is 5.96 Å². The van der Waals surface area contributed by atoms with Crippen LogP contribution in [0.1, 0.15) is 25.5 Å². The molecule has 124 valence electrons. The van der Waals surface area contributed by atoms with E-state index in [9.17, 15) is 4.79 Å². The van der Waals surface area contributed by atoms with Crippen molar-refractivity contribution in [3.63, 3.8) is 0 Å². The SMILES string of the molecule is C=NC(=NC1(c2cc3ccccc3o2)CC1)N/C=C(\C)C(=O)NO. The number of nitrogens with one attached hydrogen (secondary N) is 2. The van der Waals surface area contributed by atoms with E-state index in [1.807, 2.05) is 30.3 Å². The second-order valence-electron chi connectivity index (χ2n) is 5.69. The van der Waals surface area contributed by atoms with Crippen LogP contribution < -0.4 is 10.8 Å². The fourth-order valence-electron chi connectivity index (χ4n) is 2.39. The van der Waals surface area contributed by atoms with Crippen molar-refractivity contribution in [2.24, 2.45) is 9.98 Å². The molecule has 0 bridgehead atoms. The van der Waals surface area contributed by atoms with Gasteiger partial charge in [-0.1, -0.05) is 18.2 Å². The zero-order chi connectivity index (χ0) is 17.2. The molecule has 24 heavy (non-hydrogen) atoms. The Bertz CT molecular complexity index is 813. The summed E-state index contributed by atoms with van der Waals surface area (Å²) in [4.78, 5) is 19.7. The van der Waals surface area contributed by atoms with E-state index in [-0.39, 0.29) is 11.5 Å². The van der Waals surface area contributed by atoms with Gasteiger partial charge in [-0.05, 0) is 38.6 Å². The first-order chi connectivity index (χ1) is 11.6. The van der Waals surface area contributed by atoms with Gasteiger partial charge in [-0.2, -0.15) is 0 Å². The van der Waals surface area contributed by atoms with E-state index in [1.165, 1.54) is 6.20 Å². The minimum Gasteiger partial charge on any atom is -0.458 e. The summed E-state index contributed by atoms with van der Waals surface area (Å²) in [5.41, 5.74) is 2.22. The molecule has 1 amide bonds. The Labute approximate surface area is 138 Å². The number of guanidine groups is 1. The summed E-state index contributed by atoms with van der Waals surface area (Å²) < 4.78 is 5.91. The van der Waals surface area contributed by atoms with Gasteiger partial charge in [0.05, 0.1) is 0 Å². The number of carbonyl (C=O) groups is 1. The monoisotopic (exact) mass is 326 g/mol. The smallest absolute Gasteiger partial charge is 0.271 e. The molecule has 0 atom stereocenters. The standard InChI is InChI=1S/C17H18N4O3/c1-11(15(22)21-23)10-19-16(18-2)20-17(7-8-17)14-9-12-5-3-4-6-13(12)24-14/h3-6,9-10,23H,2,7-8H2,1H3,(H,19,20)(H,21,22)/b11-10+. The van der Waals surface area contributed by atoms with E-state index in [2.05, 4.69) is 22.0 Å². The van der Waals surface area contributed by atoms with E-state index in [0.717, 1.165) is 29.6 Å². The third-order valence-corrected chi connectivity index (χ3v) is 3.95. The van der Waals surface area contributed by atoms with Crippen LogP contribution in [0.5, 0.6) is 0 Å². The van der Waals surface area contributed by atoms with Crippen molar-refractivity contribution >= 4 is 29.6 Å². The van der Waals surface area contributed by atoms with E-state index in [1.54, 1.807) is 12.4 Å². The van der Waals surface area contributed by atoms with Crippen molar-refractivity contribution in [2.75, 3.05) is 0 Å². The zero-order valence-corrected chi connectivity index (χ0v) is 13.2. The Balaban J connectivity index is 1.84. The average molecular weight is 326 g/mol. The number of hydrogen-bond acceptors (Lipinski definition) is 4. The molecule has 0 saturated heterocycles. The fraction of sp³-hybridized carbons (Fsp3) is 0.235. The number of fused-ring (bicyclic) bond motifs is 1. The maximum absolute atomic E-state index is 11.3. The molecule has 1 fully saturated rings. The van der Waals surface area contributed by atoms with Crippen molar-refractivity contribution in [3.05, 3.63) is 47.9 Å². The Morgan fingerprint density at radius 3 is 2.79 bits per heavy atom. The number of carbonyl (C=O) groups excluding carboxylic acids is 1. The first-order valence-electron chi connectivity index (χ1n) is 7.51. The second kappa shape index (κ2) is 6.29. The van der Waals surface area contributed by atoms with Gasteiger partial charge < -0.3 is 9.73 Å². The molecular weight excluding hydrogens is 308 g/mol. The quantitative estimate of drug-likeness (QED) is 0.264. The Morgan fingerprint density at radius 1 is 1.42 bits per heavy atom. The first-order valence-corrected chi connectivity index (χ1v) is 7.51. The topological polar surface area (TPSA) is 99.2 Å². The Hall–Kier alpha value is -2.93. The number of para-hydroxylation sites is 1. The first kappa shape index (κ1) is 15.9. The summed E-state index contributed by atoms with van der Waals surface area (Å²) in [5.74, 6) is 0.475. The highest BCUT2D eigenvalue weighted by Gasteiger charge is 2.48. The number of amides is 1. The maximum atomic E-state index is 11.3. The predicted molar refractivity (Wildman–Crippen MR) is 90.9 cm³/mol. The Morgan fingerprint density at radius 2 is 2.17 bits per heavy atom. The minimum atomic E-state index is -0.607. The summed E-state index contributed by atoms with van der Waals surface area (Å²) in [6, 6.07) is 9.79. The molecule has 2 aromatic rings. The molecule has 0 aliphatic heterocycles. The van der Waals surface area contributed by atoms with Crippen molar-refractivity contribution in [3.8, 4) is 0 Å². The Kier molecular flexibility index (Phi) is 4.18. The average Bonchev–Trinajstić information content (AvgIpc) is 3.26. The molecule has 1 saturated carbocycles.